The Hall–Kier alpha value is -2.91. The molecular weight excluding hydrogens is 456 g/mol. The molecule has 1 aliphatic carbocycles. The third kappa shape index (κ3) is 4.95. The fraction of sp³-hybridized carbons (Fsp3) is 0.440. The number of carbonyl (C=O) groups is 2. The number of carbonyl (C=O) groups excluding carboxylic acids is 2. The van der Waals surface area contributed by atoms with Crippen molar-refractivity contribution >= 4 is 21.7 Å². The third-order valence-corrected chi connectivity index (χ3v) is 9.26. The number of benzene rings is 2. The summed E-state index contributed by atoms with van der Waals surface area (Å²) in [6.07, 6.45) is 2.23. The van der Waals surface area contributed by atoms with E-state index in [0.29, 0.717) is 17.1 Å². The normalized spacial score (nSPS) is 22.0. The van der Waals surface area contributed by atoms with E-state index < -0.39 is 26.9 Å². The summed E-state index contributed by atoms with van der Waals surface area (Å²) >= 11 is 0. The smallest absolute Gasteiger partial charge is 0.245 e. The second kappa shape index (κ2) is 9.76. The highest BCUT2D eigenvalue weighted by atomic mass is 32.2. The fourth-order valence-electron chi connectivity index (χ4n) is 4.50. The number of nitrogens with one attached hydrogen (secondary N) is 1. The molecule has 8 nitrogen and oxygen atoms in total. The second-order valence-corrected chi connectivity index (χ2v) is 11.4. The molecule has 34 heavy (non-hydrogen) atoms. The van der Waals surface area contributed by atoms with Crippen LogP contribution in [0.2, 0.25) is 0 Å². The van der Waals surface area contributed by atoms with Gasteiger partial charge in [0.25, 0.3) is 0 Å². The number of rotatable bonds is 7. The zero-order valence-corrected chi connectivity index (χ0v) is 20.0. The SMILES string of the molecule is CCc1ccc(Oc2ccc(C3(CC(=O)NO)CCN(C(=O)C4CC4)CCS3(=O)=O)cc2)cc1. The molecule has 1 saturated carbocycles. The summed E-state index contributed by atoms with van der Waals surface area (Å²) in [4.78, 5) is 26.4. The topological polar surface area (TPSA) is 113 Å². The lowest BCUT2D eigenvalue weighted by Crippen LogP contribution is -2.42. The van der Waals surface area contributed by atoms with Gasteiger partial charge in [0.05, 0.1) is 12.2 Å². The van der Waals surface area contributed by atoms with Crippen molar-refractivity contribution in [2.75, 3.05) is 18.8 Å². The van der Waals surface area contributed by atoms with Gasteiger partial charge in [-0.3, -0.25) is 14.8 Å². The lowest BCUT2D eigenvalue weighted by molar-refractivity contribution is -0.132. The van der Waals surface area contributed by atoms with Gasteiger partial charge >= 0.3 is 0 Å². The largest absolute Gasteiger partial charge is 0.457 e. The summed E-state index contributed by atoms with van der Waals surface area (Å²) in [5.41, 5.74) is 3.20. The van der Waals surface area contributed by atoms with E-state index in [2.05, 4.69) is 6.92 Å². The third-order valence-electron chi connectivity index (χ3n) is 6.77. The van der Waals surface area contributed by atoms with E-state index in [-0.39, 0.29) is 37.1 Å². The number of amides is 2. The molecule has 0 aromatic heterocycles. The lowest BCUT2D eigenvalue weighted by atomic mass is 9.90. The highest BCUT2D eigenvalue weighted by molar-refractivity contribution is 7.92. The molecule has 4 rings (SSSR count). The van der Waals surface area contributed by atoms with Crippen LogP contribution in [0.15, 0.2) is 48.5 Å². The van der Waals surface area contributed by atoms with Gasteiger partial charge in [-0.1, -0.05) is 31.2 Å². The predicted molar refractivity (Wildman–Crippen MR) is 126 cm³/mol. The van der Waals surface area contributed by atoms with Crippen LogP contribution in [0.5, 0.6) is 11.5 Å². The van der Waals surface area contributed by atoms with Crippen LogP contribution in [0.25, 0.3) is 0 Å². The lowest BCUT2D eigenvalue weighted by Gasteiger charge is -2.32. The highest BCUT2D eigenvalue weighted by Gasteiger charge is 2.49. The minimum Gasteiger partial charge on any atom is -0.457 e. The maximum absolute atomic E-state index is 13.5. The van der Waals surface area contributed by atoms with Crippen molar-refractivity contribution in [1.82, 2.24) is 10.4 Å². The Morgan fingerprint density at radius 2 is 1.68 bits per heavy atom. The van der Waals surface area contributed by atoms with Crippen molar-refractivity contribution in [2.24, 2.45) is 5.92 Å². The van der Waals surface area contributed by atoms with Gasteiger partial charge in [-0.25, -0.2) is 13.9 Å². The molecule has 0 bridgehead atoms. The highest BCUT2D eigenvalue weighted by Crippen LogP contribution is 2.42. The second-order valence-electron chi connectivity index (χ2n) is 9.00. The Balaban J connectivity index is 1.62. The van der Waals surface area contributed by atoms with E-state index >= 15 is 0 Å². The fourth-order valence-corrected chi connectivity index (χ4v) is 6.60. The zero-order chi connectivity index (χ0) is 24.3. The minimum atomic E-state index is -3.84. The first-order valence-electron chi connectivity index (χ1n) is 11.6. The summed E-state index contributed by atoms with van der Waals surface area (Å²) in [6.45, 7) is 2.41. The Kier molecular flexibility index (Phi) is 6.95. The molecule has 182 valence electrons. The van der Waals surface area contributed by atoms with Crippen LogP contribution in [0.3, 0.4) is 0 Å². The van der Waals surface area contributed by atoms with Crippen LogP contribution in [0.1, 0.15) is 43.7 Å². The average molecular weight is 487 g/mol. The van der Waals surface area contributed by atoms with Gasteiger partial charge in [-0.2, -0.15) is 0 Å². The van der Waals surface area contributed by atoms with Crippen LogP contribution in [0.4, 0.5) is 0 Å². The van der Waals surface area contributed by atoms with E-state index in [1.54, 1.807) is 34.6 Å². The van der Waals surface area contributed by atoms with E-state index in [4.69, 9.17) is 9.94 Å². The molecular formula is C25H30N2O6S. The van der Waals surface area contributed by atoms with Gasteiger partial charge in [-0.15, -0.1) is 0 Å². The molecule has 1 unspecified atom stereocenters. The van der Waals surface area contributed by atoms with E-state index in [1.807, 2.05) is 24.3 Å². The number of ether oxygens (including phenoxy) is 1. The molecule has 0 radical (unpaired) electrons. The van der Waals surface area contributed by atoms with Crippen LogP contribution in [0, 0.1) is 5.92 Å². The van der Waals surface area contributed by atoms with Gasteiger partial charge in [0, 0.05) is 19.0 Å². The first-order valence-corrected chi connectivity index (χ1v) is 13.2. The number of nitrogens with zero attached hydrogens (tertiary/aromatic N) is 1. The maximum atomic E-state index is 13.5. The average Bonchev–Trinajstić information content (AvgIpc) is 3.69. The molecule has 9 heteroatoms. The van der Waals surface area contributed by atoms with Gasteiger partial charge in [0.2, 0.25) is 11.8 Å². The molecule has 2 aromatic rings. The summed E-state index contributed by atoms with van der Waals surface area (Å²) in [7, 11) is -3.84. The molecule has 2 fully saturated rings. The zero-order valence-electron chi connectivity index (χ0n) is 19.2. The Morgan fingerprint density at radius 3 is 2.24 bits per heavy atom. The van der Waals surface area contributed by atoms with Crippen molar-refractivity contribution < 1.29 is 28.0 Å². The minimum absolute atomic E-state index is 0.0150. The van der Waals surface area contributed by atoms with Crippen molar-refractivity contribution in [3.63, 3.8) is 0 Å². The Labute approximate surface area is 199 Å². The van der Waals surface area contributed by atoms with Crippen molar-refractivity contribution in [3.8, 4) is 11.5 Å². The number of hydroxylamine groups is 1. The molecule has 2 aliphatic rings. The number of sulfone groups is 1. The van der Waals surface area contributed by atoms with Gasteiger partial charge in [0.1, 0.15) is 16.2 Å². The number of hydrogen-bond acceptors (Lipinski definition) is 6. The van der Waals surface area contributed by atoms with Crippen molar-refractivity contribution in [2.45, 2.75) is 43.8 Å². The summed E-state index contributed by atoms with van der Waals surface area (Å²) in [5, 5.41) is 9.16. The van der Waals surface area contributed by atoms with Crippen LogP contribution < -0.4 is 10.2 Å². The van der Waals surface area contributed by atoms with Crippen molar-refractivity contribution in [1.29, 1.82) is 0 Å². The van der Waals surface area contributed by atoms with Gasteiger partial charge in [-0.05, 0) is 61.1 Å². The molecule has 0 spiro atoms. The predicted octanol–water partition coefficient (Wildman–Crippen LogP) is 3.19. The molecule has 1 saturated heterocycles. The quantitative estimate of drug-likeness (QED) is 0.459. The molecule has 1 aliphatic heterocycles. The molecule has 1 heterocycles. The van der Waals surface area contributed by atoms with E-state index in [1.165, 1.54) is 5.56 Å². The van der Waals surface area contributed by atoms with Crippen LogP contribution in [-0.4, -0.2) is 49.2 Å². The Bertz CT molecular complexity index is 1140. The molecule has 2 aromatic carbocycles. The first kappa shape index (κ1) is 24.2. The van der Waals surface area contributed by atoms with Crippen molar-refractivity contribution in [3.05, 3.63) is 59.7 Å². The van der Waals surface area contributed by atoms with Gasteiger partial charge < -0.3 is 9.64 Å². The molecule has 2 amide bonds. The van der Waals surface area contributed by atoms with Crippen LogP contribution in [-0.2, 0) is 30.6 Å². The summed E-state index contributed by atoms with van der Waals surface area (Å²) in [6, 6.07) is 14.4. The summed E-state index contributed by atoms with van der Waals surface area (Å²) < 4.78 is 31.4. The number of aryl methyl sites for hydroxylation is 1. The number of hydrogen-bond donors (Lipinski definition) is 2. The maximum Gasteiger partial charge on any atom is 0.245 e. The van der Waals surface area contributed by atoms with Gasteiger partial charge in [0.15, 0.2) is 9.84 Å². The van der Waals surface area contributed by atoms with Crippen LogP contribution >= 0.6 is 0 Å². The summed E-state index contributed by atoms with van der Waals surface area (Å²) in [5.74, 6) is 0.129. The Morgan fingerprint density at radius 1 is 1.06 bits per heavy atom. The standard InChI is InChI=1S/C25H30N2O6S/c1-2-18-3-9-21(10-4-18)33-22-11-7-20(8-12-22)25(17-23(28)26-30)13-14-27(15-16-34(25,31)32)24(29)19-5-6-19/h3-4,7-12,19,30H,2,5-6,13-17H2,1H3,(H,26,28). The molecule has 1 atom stereocenters. The monoisotopic (exact) mass is 486 g/mol. The first-order chi connectivity index (χ1) is 16.3. The van der Waals surface area contributed by atoms with E-state index in [9.17, 15) is 18.0 Å². The molecule has 2 N–H and O–H groups in total. The van der Waals surface area contributed by atoms with E-state index in [0.717, 1.165) is 19.3 Å².